The third-order valence-corrected chi connectivity index (χ3v) is 6.07. The molecule has 1 saturated carbocycles. The zero-order valence-electron chi connectivity index (χ0n) is 16.5. The minimum absolute atomic E-state index is 0.124. The van der Waals surface area contributed by atoms with Gasteiger partial charge < -0.3 is 9.47 Å². The van der Waals surface area contributed by atoms with Crippen LogP contribution < -0.4 is 4.74 Å². The van der Waals surface area contributed by atoms with Gasteiger partial charge in [0, 0.05) is 6.54 Å². The molecule has 1 fully saturated rings. The number of carbonyl (C=O) groups excluding carboxylic acids is 3. The summed E-state index contributed by atoms with van der Waals surface area (Å²) in [5.41, 5.74) is 1.19. The summed E-state index contributed by atoms with van der Waals surface area (Å²) >= 11 is 0. The van der Waals surface area contributed by atoms with Gasteiger partial charge in [-0.3, -0.25) is 19.3 Å². The number of amides is 2. The topological polar surface area (TPSA) is 72.9 Å². The molecule has 2 aromatic carbocycles. The first kappa shape index (κ1) is 19.2. The minimum atomic E-state index is -0.650. The van der Waals surface area contributed by atoms with E-state index >= 15 is 0 Å². The van der Waals surface area contributed by atoms with Crippen molar-refractivity contribution in [2.75, 3.05) is 20.8 Å². The van der Waals surface area contributed by atoms with E-state index in [9.17, 15) is 14.4 Å². The third-order valence-electron chi connectivity index (χ3n) is 6.07. The van der Waals surface area contributed by atoms with E-state index in [1.165, 1.54) is 12.0 Å². The highest BCUT2D eigenvalue weighted by molar-refractivity contribution is 6.21. The molecule has 150 valence electrons. The normalized spacial score (nSPS) is 22.4. The predicted molar refractivity (Wildman–Crippen MR) is 106 cm³/mol. The van der Waals surface area contributed by atoms with Gasteiger partial charge in [0.15, 0.2) is 0 Å². The highest BCUT2D eigenvalue weighted by Gasteiger charge is 2.61. The van der Waals surface area contributed by atoms with Crippen molar-refractivity contribution in [2.45, 2.75) is 24.7 Å². The molecule has 2 amide bonds. The second kappa shape index (κ2) is 7.35. The lowest BCUT2D eigenvalue weighted by Gasteiger charge is -2.17. The number of fused-ring (bicyclic) bond motifs is 1. The summed E-state index contributed by atoms with van der Waals surface area (Å²) in [4.78, 5) is 38.8. The van der Waals surface area contributed by atoms with Crippen molar-refractivity contribution in [1.29, 1.82) is 0 Å². The summed E-state index contributed by atoms with van der Waals surface area (Å²) in [5, 5.41) is 0. The van der Waals surface area contributed by atoms with Crippen molar-refractivity contribution in [3.05, 3.63) is 65.2 Å². The van der Waals surface area contributed by atoms with Crippen molar-refractivity contribution < 1.29 is 23.9 Å². The highest BCUT2D eigenvalue weighted by atomic mass is 16.5. The number of hydrogen-bond acceptors (Lipinski definition) is 5. The molecule has 1 aliphatic heterocycles. The van der Waals surface area contributed by atoms with Gasteiger partial charge >= 0.3 is 5.97 Å². The first-order valence-corrected chi connectivity index (χ1v) is 9.71. The molecular weight excluding hydrogens is 370 g/mol. The lowest BCUT2D eigenvalue weighted by Crippen LogP contribution is -2.31. The summed E-state index contributed by atoms with van der Waals surface area (Å²) in [6.07, 6.45) is 2.08. The molecule has 0 spiro atoms. The Morgan fingerprint density at radius 1 is 1.03 bits per heavy atom. The van der Waals surface area contributed by atoms with Gasteiger partial charge in [0.25, 0.3) is 11.8 Å². The van der Waals surface area contributed by atoms with E-state index in [1.807, 2.05) is 24.3 Å². The number of nitrogens with zero attached hydrogens (tertiary/aromatic N) is 1. The Morgan fingerprint density at radius 3 is 2.21 bits per heavy atom. The Hall–Kier alpha value is -3.15. The van der Waals surface area contributed by atoms with Crippen LogP contribution in [0, 0.1) is 5.92 Å². The number of imide groups is 1. The van der Waals surface area contributed by atoms with Crippen LogP contribution in [0.25, 0.3) is 0 Å². The molecule has 0 bridgehead atoms. The average molecular weight is 393 g/mol. The number of methoxy groups -OCH3 is 2. The maximum atomic E-state index is 12.6. The van der Waals surface area contributed by atoms with Crippen molar-refractivity contribution >= 4 is 17.8 Å². The van der Waals surface area contributed by atoms with Crippen LogP contribution in [0.15, 0.2) is 48.5 Å². The number of esters is 1. The van der Waals surface area contributed by atoms with E-state index in [2.05, 4.69) is 0 Å². The fraction of sp³-hybridized carbons (Fsp3) is 0.348. The lowest BCUT2D eigenvalue weighted by atomic mass is 9.91. The van der Waals surface area contributed by atoms with Gasteiger partial charge in [0.1, 0.15) is 5.75 Å². The standard InChI is InChI=1S/C23H23NO5/c1-28-17-11-9-15(10-12-17)23(22(27)29-2)14-16(23)6-5-13-24-20(25)18-7-3-4-8-19(18)21(24)26/h3-4,7-12,16H,5-6,13-14H2,1-2H3/t16-,23-/m0/s1. The molecule has 6 nitrogen and oxygen atoms in total. The van der Waals surface area contributed by atoms with E-state index in [0.29, 0.717) is 30.5 Å². The van der Waals surface area contributed by atoms with Gasteiger partial charge in [-0.05, 0) is 55.0 Å². The van der Waals surface area contributed by atoms with Gasteiger partial charge in [0.05, 0.1) is 30.8 Å². The summed E-state index contributed by atoms with van der Waals surface area (Å²) in [5.74, 6) is 0.134. The molecule has 29 heavy (non-hydrogen) atoms. The van der Waals surface area contributed by atoms with Gasteiger partial charge in [0.2, 0.25) is 0 Å². The quantitative estimate of drug-likeness (QED) is 0.534. The Labute approximate surface area is 169 Å². The summed E-state index contributed by atoms with van der Waals surface area (Å²) in [6, 6.07) is 14.4. The third kappa shape index (κ3) is 3.09. The Balaban J connectivity index is 1.42. The van der Waals surface area contributed by atoms with Crippen LogP contribution in [0.5, 0.6) is 5.75 Å². The van der Waals surface area contributed by atoms with Crippen LogP contribution in [0.2, 0.25) is 0 Å². The van der Waals surface area contributed by atoms with Crippen molar-refractivity contribution in [2.24, 2.45) is 5.92 Å². The van der Waals surface area contributed by atoms with E-state index in [4.69, 9.17) is 9.47 Å². The predicted octanol–water partition coefficient (Wildman–Crippen LogP) is 3.20. The zero-order valence-corrected chi connectivity index (χ0v) is 16.5. The molecule has 6 heteroatoms. The van der Waals surface area contributed by atoms with Crippen LogP contribution in [0.1, 0.15) is 45.5 Å². The molecule has 4 rings (SSSR count). The monoisotopic (exact) mass is 393 g/mol. The van der Waals surface area contributed by atoms with Crippen molar-refractivity contribution in [3.8, 4) is 5.75 Å². The van der Waals surface area contributed by atoms with Gasteiger partial charge in [-0.25, -0.2) is 0 Å². The van der Waals surface area contributed by atoms with Crippen LogP contribution in [-0.4, -0.2) is 43.4 Å². The first-order valence-electron chi connectivity index (χ1n) is 9.71. The maximum Gasteiger partial charge on any atom is 0.316 e. The lowest BCUT2D eigenvalue weighted by molar-refractivity contribution is -0.144. The van der Waals surface area contributed by atoms with E-state index in [0.717, 1.165) is 17.7 Å². The highest BCUT2D eigenvalue weighted by Crippen LogP contribution is 2.57. The fourth-order valence-electron chi connectivity index (χ4n) is 4.41. The molecule has 0 N–H and O–H groups in total. The molecule has 0 radical (unpaired) electrons. The van der Waals surface area contributed by atoms with E-state index < -0.39 is 5.41 Å². The van der Waals surface area contributed by atoms with Gasteiger partial charge in [-0.1, -0.05) is 24.3 Å². The number of benzene rings is 2. The van der Waals surface area contributed by atoms with Crippen LogP contribution in [0.3, 0.4) is 0 Å². The molecule has 0 aromatic heterocycles. The molecule has 2 aromatic rings. The summed E-state index contributed by atoms with van der Waals surface area (Å²) in [7, 11) is 3.01. The van der Waals surface area contributed by atoms with Gasteiger partial charge in [-0.15, -0.1) is 0 Å². The Morgan fingerprint density at radius 2 is 1.66 bits per heavy atom. The molecule has 0 saturated heterocycles. The zero-order chi connectivity index (χ0) is 20.6. The van der Waals surface area contributed by atoms with Crippen LogP contribution in [-0.2, 0) is 14.9 Å². The van der Waals surface area contributed by atoms with Crippen LogP contribution in [0.4, 0.5) is 0 Å². The SMILES string of the molecule is COC(=O)[C@]1(c2ccc(OC)cc2)C[C@@H]1CCCN1C(=O)c2ccccc2C1=O. The van der Waals surface area contributed by atoms with Crippen LogP contribution >= 0.6 is 0 Å². The second-order valence-corrected chi connectivity index (χ2v) is 7.54. The number of hydrogen-bond donors (Lipinski definition) is 0. The van der Waals surface area contributed by atoms with E-state index in [-0.39, 0.29) is 23.7 Å². The number of carbonyl (C=O) groups is 3. The minimum Gasteiger partial charge on any atom is -0.497 e. The van der Waals surface area contributed by atoms with Crippen molar-refractivity contribution in [3.63, 3.8) is 0 Å². The Kier molecular flexibility index (Phi) is 4.86. The fourth-order valence-corrected chi connectivity index (χ4v) is 4.41. The molecule has 1 aliphatic carbocycles. The molecule has 2 atom stereocenters. The first-order chi connectivity index (χ1) is 14.0. The van der Waals surface area contributed by atoms with Gasteiger partial charge in [-0.2, -0.15) is 0 Å². The number of rotatable bonds is 7. The Bertz CT molecular complexity index is 932. The van der Waals surface area contributed by atoms with E-state index in [1.54, 1.807) is 31.4 Å². The molecule has 2 aliphatic rings. The molecular formula is C23H23NO5. The average Bonchev–Trinajstić information content (AvgIpc) is 3.45. The largest absolute Gasteiger partial charge is 0.497 e. The van der Waals surface area contributed by atoms with Crippen molar-refractivity contribution in [1.82, 2.24) is 4.90 Å². The molecule has 1 heterocycles. The number of ether oxygens (including phenoxy) is 2. The molecule has 0 unspecified atom stereocenters. The smallest absolute Gasteiger partial charge is 0.316 e. The maximum absolute atomic E-state index is 12.6. The summed E-state index contributed by atoms with van der Waals surface area (Å²) < 4.78 is 10.3. The summed E-state index contributed by atoms with van der Waals surface area (Å²) in [6.45, 7) is 0.350. The second-order valence-electron chi connectivity index (χ2n) is 7.54.